The first-order chi connectivity index (χ1) is 14.9. The molecule has 1 aromatic heterocycles. The van der Waals surface area contributed by atoms with E-state index in [9.17, 15) is 13.2 Å². The van der Waals surface area contributed by atoms with Crippen molar-refractivity contribution in [2.45, 2.75) is 37.5 Å². The number of nitrogens with one attached hydrogen (secondary N) is 1. The van der Waals surface area contributed by atoms with Gasteiger partial charge in [0, 0.05) is 24.3 Å². The topological polar surface area (TPSA) is 92.5 Å². The van der Waals surface area contributed by atoms with Crippen LogP contribution in [0.2, 0.25) is 0 Å². The molecule has 1 amide bonds. The SMILES string of the molecule is Cc1oc(-c2ccccc2)nc1C(=O)Nc1cccc(S(=O)(=O)N2CCCCCC2)c1. The third-order valence-electron chi connectivity index (χ3n) is 5.33. The zero-order chi connectivity index (χ0) is 21.8. The highest BCUT2D eigenvalue weighted by Gasteiger charge is 2.26. The molecule has 3 aromatic rings. The van der Waals surface area contributed by atoms with E-state index in [1.165, 1.54) is 10.4 Å². The predicted molar refractivity (Wildman–Crippen MR) is 118 cm³/mol. The molecule has 7 nitrogen and oxygen atoms in total. The highest BCUT2D eigenvalue weighted by atomic mass is 32.2. The fraction of sp³-hybridized carbons (Fsp3) is 0.304. The highest BCUT2D eigenvalue weighted by Crippen LogP contribution is 2.25. The van der Waals surface area contributed by atoms with E-state index in [0.29, 0.717) is 30.4 Å². The zero-order valence-corrected chi connectivity index (χ0v) is 18.2. The van der Waals surface area contributed by atoms with Gasteiger partial charge in [-0.05, 0) is 50.1 Å². The molecule has 2 heterocycles. The Hall–Kier alpha value is -2.97. The molecule has 0 aliphatic carbocycles. The summed E-state index contributed by atoms with van der Waals surface area (Å²) >= 11 is 0. The van der Waals surface area contributed by atoms with Gasteiger partial charge in [0.15, 0.2) is 5.69 Å². The van der Waals surface area contributed by atoms with Crippen molar-refractivity contribution in [1.82, 2.24) is 9.29 Å². The number of benzene rings is 2. The van der Waals surface area contributed by atoms with E-state index < -0.39 is 15.9 Å². The zero-order valence-electron chi connectivity index (χ0n) is 17.4. The average Bonchev–Trinajstić information content (AvgIpc) is 2.98. The summed E-state index contributed by atoms with van der Waals surface area (Å²) in [6.45, 7) is 2.73. The van der Waals surface area contributed by atoms with Crippen LogP contribution in [0, 0.1) is 6.92 Å². The van der Waals surface area contributed by atoms with E-state index in [0.717, 1.165) is 31.2 Å². The highest BCUT2D eigenvalue weighted by molar-refractivity contribution is 7.89. The van der Waals surface area contributed by atoms with Crippen LogP contribution in [0.1, 0.15) is 41.9 Å². The number of rotatable bonds is 5. The van der Waals surface area contributed by atoms with Crippen molar-refractivity contribution in [1.29, 1.82) is 0 Å². The molecule has 31 heavy (non-hydrogen) atoms. The fourth-order valence-electron chi connectivity index (χ4n) is 3.67. The van der Waals surface area contributed by atoms with Crippen LogP contribution in [-0.2, 0) is 10.0 Å². The number of nitrogens with zero attached hydrogens (tertiary/aromatic N) is 2. The molecule has 8 heteroatoms. The van der Waals surface area contributed by atoms with Crippen molar-refractivity contribution < 1.29 is 17.6 Å². The Morgan fingerprint density at radius 2 is 1.71 bits per heavy atom. The summed E-state index contributed by atoms with van der Waals surface area (Å²) in [5, 5.41) is 2.75. The van der Waals surface area contributed by atoms with Crippen molar-refractivity contribution in [3.63, 3.8) is 0 Å². The van der Waals surface area contributed by atoms with Crippen molar-refractivity contribution in [3.8, 4) is 11.5 Å². The summed E-state index contributed by atoms with van der Waals surface area (Å²) in [7, 11) is -3.60. The molecular formula is C23H25N3O4S. The number of carbonyl (C=O) groups excluding carboxylic acids is 1. The van der Waals surface area contributed by atoms with Crippen molar-refractivity contribution in [2.75, 3.05) is 18.4 Å². The Morgan fingerprint density at radius 1 is 1.00 bits per heavy atom. The minimum absolute atomic E-state index is 0.166. The van der Waals surface area contributed by atoms with E-state index in [2.05, 4.69) is 10.3 Å². The molecule has 0 unspecified atom stereocenters. The van der Waals surface area contributed by atoms with Gasteiger partial charge in [0.1, 0.15) is 5.76 Å². The van der Waals surface area contributed by atoms with Crippen LogP contribution >= 0.6 is 0 Å². The van der Waals surface area contributed by atoms with Crippen LogP contribution < -0.4 is 5.32 Å². The fourth-order valence-corrected chi connectivity index (χ4v) is 5.23. The summed E-state index contributed by atoms with van der Waals surface area (Å²) in [4.78, 5) is 17.3. The van der Waals surface area contributed by atoms with Gasteiger partial charge in [-0.1, -0.05) is 37.1 Å². The van der Waals surface area contributed by atoms with Crippen LogP contribution in [0.3, 0.4) is 0 Å². The van der Waals surface area contributed by atoms with Gasteiger partial charge in [-0.3, -0.25) is 4.79 Å². The Morgan fingerprint density at radius 3 is 2.42 bits per heavy atom. The molecule has 1 aliphatic heterocycles. The second-order valence-electron chi connectivity index (χ2n) is 7.59. The van der Waals surface area contributed by atoms with Gasteiger partial charge in [0.05, 0.1) is 4.90 Å². The number of hydrogen-bond donors (Lipinski definition) is 1. The number of aryl methyl sites for hydroxylation is 1. The van der Waals surface area contributed by atoms with E-state index in [1.54, 1.807) is 25.1 Å². The van der Waals surface area contributed by atoms with Crippen molar-refractivity contribution in [3.05, 3.63) is 66.1 Å². The molecular weight excluding hydrogens is 414 g/mol. The molecule has 1 aliphatic rings. The smallest absolute Gasteiger partial charge is 0.277 e. The van der Waals surface area contributed by atoms with Crippen LogP contribution in [-0.4, -0.2) is 36.7 Å². The van der Waals surface area contributed by atoms with E-state index >= 15 is 0 Å². The van der Waals surface area contributed by atoms with Gasteiger partial charge < -0.3 is 9.73 Å². The molecule has 0 saturated carbocycles. The minimum atomic E-state index is -3.60. The molecule has 0 radical (unpaired) electrons. The van der Waals surface area contributed by atoms with Crippen LogP contribution in [0.25, 0.3) is 11.5 Å². The number of amides is 1. The van der Waals surface area contributed by atoms with E-state index in [-0.39, 0.29) is 10.6 Å². The summed E-state index contributed by atoms with van der Waals surface area (Å²) in [6, 6.07) is 15.7. The summed E-state index contributed by atoms with van der Waals surface area (Å²) < 4.78 is 33.3. The first-order valence-corrected chi connectivity index (χ1v) is 11.8. The number of aromatic nitrogens is 1. The molecule has 1 saturated heterocycles. The largest absolute Gasteiger partial charge is 0.441 e. The molecule has 1 N–H and O–H groups in total. The molecule has 0 bridgehead atoms. The third-order valence-corrected chi connectivity index (χ3v) is 7.22. The van der Waals surface area contributed by atoms with Gasteiger partial charge in [-0.15, -0.1) is 0 Å². The number of anilines is 1. The molecule has 162 valence electrons. The number of carbonyl (C=O) groups is 1. The van der Waals surface area contributed by atoms with E-state index in [4.69, 9.17) is 4.42 Å². The molecule has 0 atom stereocenters. The Bertz CT molecular complexity index is 1160. The molecule has 2 aromatic carbocycles. The van der Waals surface area contributed by atoms with Gasteiger partial charge >= 0.3 is 0 Å². The third kappa shape index (κ3) is 4.70. The summed E-state index contributed by atoms with van der Waals surface area (Å²) in [5.74, 6) is 0.304. The van der Waals surface area contributed by atoms with Crippen LogP contribution in [0.4, 0.5) is 5.69 Å². The van der Waals surface area contributed by atoms with Gasteiger partial charge in [-0.2, -0.15) is 4.31 Å². The van der Waals surface area contributed by atoms with Gasteiger partial charge in [-0.25, -0.2) is 13.4 Å². The van der Waals surface area contributed by atoms with Crippen LogP contribution in [0.15, 0.2) is 63.9 Å². The maximum absolute atomic E-state index is 13.0. The monoisotopic (exact) mass is 439 g/mol. The summed E-state index contributed by atoms with van der Waals surface area (Å²) in [5.41, 5.74) is 1.33. The predicted octanol–water partition coefficient (Wildman–Crippen LogP) is 4.47. The Kier molecular flexibility index (Phi) is 6.20. The lowest BCUT2D eigenvalue weighted by molar-refractivity contribution is 0.102. The first-order valence-electron chi connectivity index (χ1n) is 10.4. The van der Waals surface area contributed by atoms with Crippen LogP contribution in [0.5, 0.6) is 0 Å². The van der Waals surface area contributed by atoms with E-state index in [1.807, 2.05) is 30.3 Å². The maximum atomic E-state index is 13.0. The van der Waals surface area contributed by atoms with Crippen molar-refractivity contribution >= 4 is 21.6 Å². The molecule has 4 rings (SSSR count). The van der Waals surface area contributed by atoms with Gasteiger partial charge in [0.25, 0.3) is 5.91 Å². The lowest BCUT2D eigenvalue weighted by Gasteiger charge is -2.20. The first kappa shape index (κ1) is 21.3. The average molecular weight is 440 g/mol. The second kappa shape index (κ2) is 9.03. The standard InChI is InChI=1S/C23H25N3O4S/c1-17-21(25-23(30-17)18-10-5-4-6-11-18)22(27)24-19-12-9-13-20(16-19)31(28,29)26-14-7-2-3-8-15-26/h4-6,9-13,16H,2-3,7-8,14-15H2,1H3,(H,24,27). The lowest BCUT2D eigenvalue weighted by atomic mass is 10.2. The summed E-state index contributed by atoms with van der Waals surface area (Å²) in [6.07, 6.45) is 3.82. The quantitative estimate of drug-likeness (QED) is 0.633. The number of hydrogen-bond acceptors (Lipinski definition) is 5. The minimum Gasteiger partial charge on any atom is -0.441 e. The normalized spacial score (nSPS) is 15.4. The van der Waals surface area contributed by atoms with Gasteiger partial charge in [0.2, 0.25) is 15.9 Å². The Balaban J connectivity index is 1.54. The molecule has 0 spiro atoms. The Labute approximate surface area is 182 Å². The number of sulfonamides is 1. The lowest BCUT2D eigenvalue weighted by Crippen LogP contribution is -2.32. The number of oxazole rings is 1. The maximum Gasteiger partial charge on any atom is 0.277 e. The second-order valence-corrected chi connectivity index (χ2v) is 9.53. The molecule has 1 fully saturated rings. The van der Waals surface area contributed by atoms with Crippen molar-refractivity contribution in [2.24, 2.45) is 0 Å².